The summed E-state index contributed by atoms with van der Waals surface area (Å²) in [7, 11) is 1.53. The lowest BCUT2D eigenvalue weighted by Gasteiger charge is -2.50. The molecule has 0 unspecified atom stereocenters. The molecule has 8 nitrogen and oxygen atoms in total. The van der Waals surface area contributed by atoms with Gasteiger partial charge in [-0.1, -0.05) is 0 Å². The maximum Gasteiger partial charge on any atom is 0.270 e. The normalized spacial score (nSPS) is 18.8. The van der Waals surface area contributed by atoms with Crippen molar-refractivity contribution in [3.05, 3.63) is 41.7 Å². The van der Waals surface area contributed by atoms with Crippen LogP contribution in [-0.2, 0) is 21.5 Å². The number of amides is 2. The van der Waals surface area contributed by atoms with Crippen molar-refractivity contribution in [3.63, 3.8) is 0 Å². The van der Waals surface area contributed by atoms with Gasteiger partial charge in [-0.05, 0) is 25.0 Å². The highest BCUT2D eigenvalue weighted by Gasteiger charge is 2.49. The van der Waals surface area contributed by atoms with Crippen molar-refractivity contribution in [1.29, 1.82) is 0 Å². The summed E-state index contributed by atoms with van der Waals surface area (Å²) in [5.74, 6) is -0.0250. The van der Waals surface area contributed by atoms with E-state index >= 15 is 0 Å². The number of carbonyl (C=O) groups is 2. The highest BCUT2D eigenvalue weighted by molar-refractivity contribution is 5.92. The van der Waals surface area contributed by atoms with Gasteiger partial charge in [0.1, 0.15) is 12.3 Å². The largest absolute Gasteiger partial charge is 0.375 e. The Balaban J connectivity index is 1.59. The van der Waals surface area contributed by atoms with Gasteiger partial charge in [-0.2, -0.15) is 0 Å². The number of methoxy groups -OCH3 is 1. The number of rotatable bonds is 3. The number of ether oxygens (including phenoxy) is 1. The zero-order valence-electron chi connectivity index (χ0n) is 14.8. The molecule has 1 saturated heterocycles. The first kappa shape index (κ1) is 16.8. The van der Waals surface area contributed by atoms with Gasteiger partial charge in [0.05, 0.1) is 17.6 Å². The van der Waals surface area contributed by atoms with Gasteiger partial charge in [0, 0.05) is 45.1 Å². The maximum atomic E-state index is 12.7. The summed E-state index contributed by atoms with van der Waals surface area (Å²) >= 11 is 0. The van der Waals surface area contributed by atoms with Crippen molar-refractivity contribution in [2.75, 3.05) is 33.4 Å². The second-order valence-electron chi connectivity index (χ2n) is 6.87. The van der Waals surface area contributed by atoms with Gasteiger partial charge in [-0.15, -0.1) is 0 Å². The molecule has 26 heavy (non-hydrogen) atoms. The van der Waals surface area contributed by atoms with Crippen LogP contribution in [0.4, 0.5) is 0 Å². The first-order valence-corrected chi connectivity index (χ1v) is 8.90. The second-order valence-corrected chi connectivity index (χ2v) is 6.87. The van der Waals surface area contributed by atoms with Crippen LogP contribution in [0.15, 0.2) is 24.7 Å². The van der Waals surface area contributed by atoms with Gasteiger partial charge in [-0.3, -0.25) is 9.59 Å². The standard InChI is InChI=1S/C18H23N5O3/c1-26-11-15(24)23-8-4-13-16(21-12-20-13)18(23)5-9-22(10-6-18)17(25)14-3-2-7-19-14/h2-3,7,12,19H,4-6,8-11H2,1H3,(H,20,21). The average molecular weight is 357 g/mol. The third-order valence-electron chi connectivity index (χ3n) is 5.54. The van der Waals surface area contributed by atoms with Crippen molar-refractivity contribution in [2.45, 2.75) is 24.8 Å². The third-order valence-corrected chi connectivity index (χ3v) is 5.54. The summed E-state index contributed by atoms with van der Waals surface area (Å²) in [5, 5.41) is 0. The minimum Gasteiger partial charge on any atom is -0.375 e. The Morgan fingerprint density at radius 3 is 2.77 bits per heavy atom. The van der Waals surface area contributed by atoms with E-state index in [1.54, 1.807) is 18.6 Å². The summed E-state index contributed by atoms with van der Waals surface area (Å²) in [4.78, 5) is 39.8. The van der Waals surface area contributed by atoms with Gasteiger partial charge in [0.25, 0.3) is 5.91 Å². The highest BCUT2D eigenvalue weighted by Crippen LogP contribution is 2.42. The molecule has 2 aromatic heterocycles. The molecule has 1 spiro atoms. The van der Waals surface area contributed by atoms with Gasteiger partial charge >= 0.3 is 0 Å². The van der Waals surface area contributed by atoms with Gasteiger partial charge in [0.2, 0.25) is 5.91 Å². The van der Waals surface area contributed by atoms with Crippen LogP contribution < -0.4 is 0 Å². The molecule has 1 fully saturated rings. The zero-order valence-corrected chi connectivity index (χ0v) is 14.8. The molecular weight excluding hydrogens is 334 g/mol. The number of H-pyrrole nitrogens is 2. The Labute approximate surface area is 151 Å². The van der Waals surface area contributed by atoms with E-state index in [-0.39, 0.29) is 18.4 Å². The molecule has 2 aromatic rings. The number of fused-ring (bicyclic) bond motifs is 2. The van der Waals surface area contributed by atoms with Crippen LogP contribution in [0.1, 0.15) is 34.7 Å². The van der Waals surface area contributed by atoms with Crippen molar-refractivity contribution in [3.8, 4) is 0 Å². The molecule has 2 aliphatic rings. The molecule has 0 bridgehead atoms. The van der Waals surface area contributed by atoms with Crippen LogP contribution in [0.2, 0.25) is 0 Å². The lowest BCUT2D eigenvalue weighted by molar-refractivity contribution is -0.145. The third kappa shape index (κ3) is 2.61. The molecule has 0 atom stereocenters. The molecule has 8 heteroatoms. The summed E-state index contributed by atoms with van der Waals surface area (Å²) in [5.41, 5.74) is 2.17. The summed E-state index contributed by atoms with van der Waals surface area (Å²) in [6.45, 7) is 1.87. The number of piperidine rings is 1. The molecular formula is C18H23N5O3. The number of likely N-dealkylation sites (tertiary alicyclic amines) is 1. The molecule has 2 amide bonds. The maximum absolute atomic E-state index is 12.7. The predicted octanol–water partition coefficient (Wildman–Crippen LogP) is 0.900. The van der Waals surface area contributed by atoms with Gasteiger partial charge in [-0.25, -0.2) is 4.98 Å². The van der Waals surface area contributed by atoms with Crippen LogP contribution >= 0.6 is 0 Å². The van der Waals surface area contributed by atoms with E-state index in [0.717, 1.165) is 17.8 Å². The molecule has 0 saturated carbocycles. The number of hydrogen-bond donors (Lipinski definition) is 2. The molecule has 0 aromatic carbocycles. The molecule has 4 heterocycles. The fraction of sp³-hybridized carbons (Fsp3) is 0.500. The number of hydrogen-bond acceptors (Lipinski definition) is 4. The fourth-order valence-corrected chi connectivity index (χ4v) is 4.26. The Morgan fingerprint density at radius 1 is 1.27 bits per heavy atom. The minimum atomic E-state index is -0.463. The van der Waals surface area contributed by atoms with Gasteiger partial charge < -0.3 is 24.5 Å². The molecule has 2 N–H and O–H groups in total. The average Bonchev–Trinajstić information content (AvgIpc) is 3.34. The number of carbonyl (C=O) groups excluding carboxylic acids is 2. The summed E-state index contributed by atoms with van der Waals surface area (Å²) < 4.78 is 5.08. The molecule has 2 aliphatic heterocycles. The first-order chi connectivity index (χ1) is 12.7. The number of aromatic nitrogens is 3. The van der Waals surface area contributed by atoms with Crippen LogP contribution in [0.5, 0.6) is 0 Å². The van der Waals surface area contributed by atoms with Crippen molar-refractivity contribution in [2.24, 2.45) is 0 Å². The van der Waals surface area contributed by atoms with E-state index in [9.17, 15) is 9.59 Å². The van der Waals surface area contributed by atoms with Crippen molar-refractivity contribution < 1.29 is 14.3 Å². The fourth-order valence-electron chi connectivity index (χ4n) is 4.26. The van der Waals surface area contributed by atoms with Gasteiger partial charge in [0.15, 0.2) is 0 Å². The first-order valence-electron chi connectivity index (χ1n) is 8.90. The van der Waals surface area contributed by atoms with Crippen LogP contribution in [-0.4, -0.2) is 69.9 Å². The van der Waals surface area contributed by atoms with E-state index in [2.05, 4.69) is 15.0 Å². The van der Waals surface area contributed by atoms with E-state index in [4.69, 9.17) is 4.74 Å². The van der Waals surface area contributed by atoms with E-state index in [1.807, 2.05) is 15.9 Å². The highest BCUT2D eigenvalue weighted by atomic mass is 16.5. The Hall–Kier alpha value is -2.61. The minimum absolute atomic E-state index is 0.00215. The number of aromatic amines is 2. The number of imidazole rings is 1. The van der Waals surface area contributed by atoms with Crippen LogP contribution in [0, 0.1) is 0 Å². The van der Waals surface area contributed by atoms with E-state index in [0.29, 0.717) is 38.2 Å². The van der Waals surface area contributed by atoms with Crippen LogP contribution in [0.25, 0.3) is 0 Å². The Morgan fingerprint density at radius 2 is 2.08 bits per heavy atom. The molecule has 4 rings (SSSR count). The summed E-state index contributed by atoms with van der Waals surface area (Å²) in [6.07, 6.45) is 5.56. The SMILES string of the molecule is COCC(=O)N1CCc2[nH]cnc2C12CCN(C(=O)c1ccc[nH]1)CC2. The zero-order chi connectivity index (χ0) is 18.1. The number of nitrogens with one attached hydrogen (secondary N) is 2. The summed E-state index contributed by atoms with van der Waals surface area (Å²) in [6, 6.07) is 3.61. The number of nitrogens with zero attached hydrogens (tertiary/aromatic N) is 3. The van der Waals surface area contributed by atoms with Crippen molar-refractivity contribution >= 4 is 11.8 Å². The monoisotopic (exact) mass is 357 g/mol. The Kier molecular flexibility index (Phi) is 4.28. The van der Waals surface area contributed by atoms with Crippen molar-refractivity contribution in [1.82, 2.24) is 24.8 Å². The molecule has 138 valence electrons. The smallest absolute Gasteiger partial charge is 0.270 e. The lowest BCUT2D eigenvalue weighted by atomic mass is 9.78. The van der Waals surface area contributed by atoms with Crippen LogP contribution in [0.3, 0.4) is 0 Å². The predicted molar refractivity (Wildman–Crippen MR) is 93.5 cm³/mol. The second kappa shape index (κ2) is 6.60. The molecule has 0 radical (unpaired) electrons. The lowest BCUT2D eigenvalue weighted by Crippen LogP contribution is -2.59. The molecule has 0 aliphatic carbocycles. The topological polar surface area (TPSA) is 94.3 Å². The van der Waals surface area contributed by atoms with E-state index in [1.165, 1.54) is 7.11 Å². The van der Waals surface area contributed by atoms with E-state index < -0.39 is 5.54 Å². The Bertz CT molecular complexity index is 790. The quantitative estimate of drug-likeness (QED) is 0.853.